The first kappa shape index (κ1) is 12.8. The van der Waals surface area contributed by atoms with Crippen LogP contribution in [0.2, 0.25) is 0 Å². The molecule has 98 valence electrons. The number of rotatable bonds is 2. The van der Waals surface area contributed by atoms with Gasteiger partial charge in [-0.05, 0) is 23.1 Å². The molecule has 2 aromatic rings. The standard InChI is InChI=1S/C11H9F5N2/c12-10(13,11(14,15)16)9(17)7-2-1-6-3-4-18-8(6)5-7/h1-5,9,18H,17H2/t9-/m1/s1. The highest BCUT2D eigenvalue weighted by Gasteiger charge is 2.61. The molecule has 1 heterocycles. The van der Waals surface area contributed by atoms with E-state index in [4.69, 9.17) is 5.73 Å². The van der Waals surface area contributed by atoms with Crippen LogP contribution in [0.3, 0.4) is 0 Å². The lowest BCUT2D eigenvalue weighted by Crippen LogP contribution is -2.45. The van der Waals surface area contributed by atoms with Gasteiger partial charge in [0.05, 0.1) is 0 Å². The summed E-state index contributed by atoms with van der Waals surface area (Å²) in [4.78, 5) is 2.72. The molecule has 0 fully saturated rings. The van der Waals surface area contributed by atoms with E-state index in [0.717, 1.165) is 0 Å². The van der Waals surface area contributed by atoms with Gasteiger partial charge in [-0.15, -0.1) is 0 Å². The summed E-state index contributed by atoms with van der Waals surface area (Å²) in [5.74, 6) is -4.97. The van der Waals surface area contributed by atoms with E-state index < -0.39 is 18.1 Å². The molecule has 3 N–H and O–H groups in total. The Labute approximate surface area is 98.6 Å². The van der Waals surface area contributed by atoms with Gasteiger partial charge in [-0.3, -0.25) is 0 Å². The van der Waals surface area contributed by atoms with Crippen LogP contribution in [0.5, 0.6) is 0 Å². The first-order valence-electron chi connectivity index (χ1n) is 5.00. The number of halogens is 5. The maximum Gasteiger partial charge on any atom is 0.455 e. The molecule has 1 aromatic heterocycles. The Morgan fingerprint density at radius 3 is 2.33 bits per heavy atom. The number of hydrogen-bond donors (Lipinski definition) is 2. The minimum Gasteiger partial charge on any atom is -0.361 e. The summed E-state index contributed by atoms with van der Waals surface area (Å²) >= 11 is 0. The molecule has 1 atom stereocenters. The fourth-order valence-electron chi connectivity index (χ4n) is 1.64. The minimum atomic E-state index is -5.67. The summed E-state index contributed by atoms with van der Waals surface area (Å²) in [5.41, 5.74) is 5.22. The third kappa shape index (κ3) is 1.94. The second-order valence-electron chi connectivity index (χ2n) is 3.92. The van der Waals surface area contributed by atoms with Gasteiger partial charge in [0.15, 0.2) is 0 Å². The normalized spacial score (nSPS) is 15.0. The zero-order valence-electron chi connectivity index (χ0n) is 8.93. The van der Waals surface area contributed by atoms with E-state index in [9.17, 15) is 22.0 Å². The summed E-state index contributed by atoms with van der Waals surface area (Å²) in [6.45, 7) is 0. The molecule has 0 aliphatic carbocycles. The smallest absolute Gasteiger partial charge is 0.361 e. The number of nitrogens with one attached hydrogen (secondary N) is 1. The van der Waals surface area contributed by atoms with Crippen LogP contribution in [-0.4, -0.2) is 17.1 Å². The van der Waals surface area contributed by atoms with Crippen LogP contribution in [0.25, 0.3) is 10.9 Å². The van der Waals surface area contributed by atoms with E-state index in [1.807, 2.05) is 0 Å². The Balaban J connectivity index is 2.41. The third-order valence-electron chi connectivity index (χ3n) is 2.71. The maximum absolute atomic E-state index is 13.1. The summed E-state index contributed by atoms with van der Waals surface area (Å²) in [6, 6.07) is 3.05. The van der Waals surface area contributed by atoms with Crippen LogP contribution in [0.15, 0.2) is 30.5 Å². The van der Waals surface area contributed by atoms with Crippen molar-refractivity contribution < 1.29 is 22.0 Å². The molecule has 0 unspecified atom stereocenters. The van der Waals surface area contributed by atoms with E-state index in [1.54, 1.807) is 12.3 Å². The first-order chi connectivity index (χ1) is 8.23. The SMILES string of the molecule is N[C@H](c1ccc2cc[nH]c2c1)C(F)(F)C(F)(F)F. The fourth-order valence-corrected chi connectivity index (χ4v) is 1.64. The quantitative estimate of drug-likeness (QED) is 0.802. The molecule has 0 radical (unpaired) electrons. The molecular formula is C11H9F5N2. The van der Waals surface area contributed by atoms with Crippen molar-refractivity contribution in [1.82, 2.24) is 4.98 Å². The Bertz CT molecular complexity index is 558. The van der Waals surface area contributed by atoms with Crippen molar-refractivity contribution in [2.45, 2.75) is 18.1 Å². The molecular weight excluding hydrogens is 255 g/mol. The second-order valence-corrected chi connectivity index (χ2v) is 3.92. The molecule has 0 spiro atoms. The summed E-state index contributed by atoms with van der Waals surface area (Å²) in [5, 5.41) is 0.710. The minimum absolute atomic E-state index is 0.271. The molecule has 0 saturated carbocycles. The second kappa shape index (κ2) is 3.94. The zero-order valence-corrected chi connectivity index (χ0v) is 8.93. The highest BCUT2D eigenvalue weighted by atomic mass is 19.4. The van der Waals surface area contributed by atoms with Crippen LogP contribution in [0, 0.1) is 0 Å². The summed E-state index contributed by atoms with van der Waals surface area (Å²) in [7, 11) is 0. The van der Waals surface area contributed by atoms with E-state index in [0.29, 0.717) is 10.9 Å². The van der Waals surface area contributed by atoms with E-state index >= 15 is 0 Å². The molecule has 7 heteroatoms. The van der Waals surface area contributed by atoms with Crippen LogP contribution < -0.4 is 5.73 Å². The molecule has 0 saturated heterocycles. The van der Waals surface area contributed by atoms with Crippen molar-refractivity contribution in [3.63, 3.8) is 0 Å². The lowest BCUT2D eigenvalue weighted by molar-refractivity contribution is -0.290. The van der Waals surface area contributed by atoms with Crippen LogP contribution in [-0.2, 0) is 0 Å². The van der Waals surface area contributed by atoms with Gasteiger partial charge in [-0.2, -0.15) is 22.0 Å². The van der Waals surface area contributed by atoms with Gasteiger partial charge in [-0.25, -0.2) is 0 Å². The van der Waals surface area contributed by atoms with Crippen molar-refractivity contribution in [2.24, 2.45) is 5.73 Å². The zero-order chi connectivity index (χ0) is 13.6. The Morgan fingerprint density at radius 2 is 1.72 bits per heavy atom. The molecule has 18 heavy (non-hydrogen) atoms. The lowest BCUT2D eigenvalue weighted by atomic mass is 10.00. The number of hydrogen-bond acceptors (Lipinski definition) is 1. The van der Waals surface area contributed by atoms with Gasteiger partial charge < -0.3 is 10.7 Å². The predicted molar refractivity (Wildman–Crippen MR) is 56.2 cm³/mol. The Hall–Kier alpha value is -1.63. The molecule has 1 aromatic carbocycles. The van der Waals surface area contributed by atoms with Gasteiger partial charge in [0.1, 0.15) is 6.04 Å². The fraction of sp³-hybridized carbons (Fsp3) is 0.273. The van der Waals surface area contributed by atoms with Gasteiger partial charge in [0, 0.05) is 11.7 Å². The monoisotopic (exact) mass is 264 g/mol. The summed E-state index contributed by atoms with van der Waals surface area (Å²) in [6.07, 6.45) is -4.11. The van der Waals surface area contributed by atoms with Crippen LogP contribution in [0.1, 0.15) is 11.6 Å². The predicted octanol–water partition coefficient (Wildman–Crippen LogP) is 3.37. The lowest BCUT2D eigenvalue weighted by Gasteiger charge is -2.25. The van der Waals surface area contributed by atoms with Gasteiger partial charge in [-0.1, -0.05) is 12.1 Å². The van der Waals surface area contributed by atoms with Crippen molar-refractivity contribution in [3.05, 3.63) is 36.0 Å². The van der Waals surface area contributed by atoms with Crippen molar-refractivity contribution in [3.8, 4) is 0 Å². The average Bonchev–Trinajstić information content (AvgIpc) is 2.73. The van der Waals surface area contributed by atoms with Crippen molar-refractivity contribution in [1.29, 1.82) is 0 Å². The summed E-state index contributed by atoms with van der Waals surface area (Å²) < 4.78 is 62.7. The van der Waals surface area contributed by atoms with E-state index in [1.165, 1.54) is 18.2 Å². The van der Waals surface area contributed by atoms with Crippen LogP contribution in [0.4, 0.5) is 22.0 Å². The van der Waals surface area contributed by atoms with Gasteiger partial charge >= 0.3 is 12.1 Å². The molecule has 2 rings (SSSR count). The van der Waals surface area contributed by atoms with E-state index in [-0.39, 0.29) is 5.56 Å². The Kier molecular flexibility index (Phi) is 2.81. The number of alkyl halides is 5. The van der Waals surface area contributed by atoms with Crippen molar-refractivity contribution >= 4 is 10.9 Å². The first-order valence-corrected chi connectivity index (χ1v) is 5.00. The molecule has 0 amide bonds. The molecule has 2 nitrogen and oxygen atoms in total. The largest absolute Gasteiger partial charge is 0.455 e. The van der Waals surface area contributed by atoms with Crippen molar-refractivity contribution in [2.75, 3.05) is 0 Å². The highest BCUT2D eigenvalue weighted by Crippen LogP contribution is 2.43. The van der Waals surface area contributed by atoms with Crippen LogP contribution >= 0.6 is 0 Å². The molecule has 0 aliphatic rings. The number of benzene rings is 1. The average molecular weight is 264 g/mol. The highest BCUT2D eigenvalue weighted by molar-refractivity contribution is 5.80. The topological polar surface area (TPSA) is 41.8 Å². The van der Waals surface area contributed by atoms with Gasteiger partial charge in [0.2, 0.25) is 0 Å². The number of fused-ring (bicyclic) bond motifs is 1. The number of aromatic amines is 1. The molecule has 0 aliphatic heterocycles. The number of H-pyrrole nitrogens is 1. The number of aromatic nitrogens is 1. The third-order valence-corrected chi connectivity index (χ3v) is 2.71. The van der Waals surface area contributed by atoms with E-state index in [2.05, 4.69) is 4.98 Å². The maximum atomic E-state index is 13.1. The van der Waals surface area contributed by atoms with Gasteiger partial charge in [0.25, 0.3) is 0 Å². The molecule has 0 bridgehead atoms. The Morgan fingerprint density at radius 1 is 1.06 bits per heavy atom. The number of nitrogens with two attached hydrogens (primary N) is 1.